The molecule has 0 unspecified atom stereocenters. The summed E-state index contributed by atoms with van der Waals surface area (Å²) in [6.07, 6.45) is 5.87. The lowest BCUT2D eigenvalue weighted by atomic mass is 9.82. The molecule has 0 radical (unpaired) electrons. The molecule has 0 aromatic heterocycles. The number of alkyl halides is 1. The van der Waals surface area contributed by atoms with Crippen LogP contribution in [-0.2, 0) is 9.47 Å². The van der Waals surface area contributed by atoms with Crippen molar-refractivity contribution in [3.63, 3.8) is 0 Å². The van der Waals surface area contributed by atoms with E-state index >= 15 is 0 Å². The van der Waals surface area contributed by atoms with E-state index in [1.807, 2.05) is 6.08 Å². The molecule has 2 fully saturated rings. The number of hydrogen-bond donors (Lipinski definition) is 0. The third-order valence-electron chi connectivity index (χ3n) is 3.78. The first-order valence-corrected chi connectivity index (χ1v) is 6.25. The summed E-state index contributed by atoms with van der Waals surface area (Å²) in [5.41, 5.74) is 0. The SMILES string of the molecule is C=CC1COC(C2CCC(CF)CC2)OC1. The molecular weight excluding hydrogens is 207 g/mol. The summed E-state index contributed by atoms with van der Waals surface area (Å²) in [4.78, 5) is 0. The molecule has 1 aliphatic heterocycles. The topological polar surface area (TPSA) is 18.5 Å². The smallest absolute Gasteiger partial charge is 0.160 e. The number of halogens is 1. The van der Waals surface area contributed by atoms with Gasteiger partial charge in [0.15, 0.2) is 6.29 Å². The average molecular weight is 228 g/mol. The minimum atomic E-state index is -0.169. The molecule has 0 aromatic rings. The molecule has 1 aliphatic carbocycles. The maximum absolute atomic E-state index is 12.5. The van der Waals surface area contributed by atoms with E-state index in [1.54, 1.807) is 0 Å². The van der Waals surface area contributed by atoms with Crippen molar-refractivity contribution < 1.29 is 13.9 Å². The molecule has 16 heavy (non-hydrogen) atoms. The van der Waals surface area contributed by atoms with Crippen LogP contribution in [0, 0.1) is 17.8 Å². The van der Waals surface area contributed by atoms with E-state index in [0.717, 1.165) is 38.9 Å². The summed E-state index contributed by atoms with van der Waals surface area (Å²) in [5, 5.41) is 0. The Balaban J connectivity index is 1.75. The average Bonchev–Trinajstić information content (AvgIpc) is 2.39. The van der Waals surface area contributed by atoms with E-state index in [9.17, 15) is 4.39 Å². The van der Waals surface area contributed by atoms with Crippen LogP contribution in [0.5, 0.6) is 0 Å². The molecule has 1 saturated carbocycles. The van der Waals surface area contributed by atoms with Crippen LogP contribution in [0.2, 0.25) is 0 Å². The van der Waals surface area contributed by atoms with Gasteiger partial charge in [0.05, 0.1) is 19.9 Å². The number of rotatable bonds is 3. The molecule has 0 aromatic carbocycles. The lowest BCUT2D eigenvalue weighted by Gasteiger charge is -2.36. The van der Waals surface area contributed by atoms with Gasteiger partial charge in [0.25, 0.3) is 0 Å². The monoisotopic (exact) mass is 228 g/mol. The van der Waals surface area contributed by atoms with Crippen LogP contribution >= 0.6 is 0 Å². The predicted octanol–water partition coefficient (Wildman–Crippen LogP) is 2.94. The second kappa shape index (κ2) is 5.78. The van der Waals surface area contributed by atoms with Crippen molar-refractivity contribution in [1.82, 2.24) is 0 Å². The number of ether oxygens (including phenoxy) is 2. The second-order valence-electron chi connectivity index (χ2n) is 4.97. The molecule has 0 N–H and O–H groups in total. The fourth-order valence-electron chi connectivity index (χ4n) is 2.56. The zero-order chi connectivity index (χ0) is 11.4. The molecular formula is C13H21FO2. The van der Waals surface area contributed by atoms with Gasteiger partial charge in [-0.25, -0.2) is 0 Å². The first kappa shape index (κ1) is 12.1. The first-order chi connectivity index (χ1) is 7.83. The van der Waals surface area contributed by atoms with Crippen LogP contribution in [0.25, 0.3) is 0 Å². The van der Waals surface area contributed by atoms with Crippen molar-refractivity contribution in [3.05, 3.63) is 12.7 Å². The third kappa shape index (κ3) is 2.83. The van der Waals surface area contributed by atoms with E-state index in [2.05, 4.69) is 6.58 Å². The van der Waals surface area contributed by atoms with Crippen molar-refractivity contribution >= 4 is 0 Å². The Morgan fingerprint density at radius 2 is 1.75 bits per heavy atom. The van der Waals surface area contributed by atoms with E-state index in [0.29, 0.717) is 11.8 Å². The number of hydrogen-bond acceptors (Lipinski definition) is 2. The summed E-state index contributed by atoms with van der Waals surface area (Å²) >= 11 is 0. The largest absolute Gasteiger partial charge is 0.352 e. The van der Waals surface area contributed by atoms with Crippen LogP contribution in [0.4, 0.5) is 4.39 Å². The minimum absolute atomic E-state index is 0.0586. The predicted molar refractivity (Wildman–Crippen MR) is 60.8 cm³/mol. The molecule has 0 spiro atoms. The lowest BCUT2D eigenvalue weighted by Crippen LogP contribution is -2.38. The van der Waals surface area contributed by atoms with E-state index in [4.69, 9.17) is 9.47 Å². The van der Waals surface area contributed by atoms with Gasteiger partial charge in [0, 0.05) is 11.8 Å². The van der Waals surface area contributed by atoms with Gasteiger partial charge in [-0.15, -0.1) is 6.58 Å². The zero-order valence-corrected chi connectivity index (χ0v) is 9.74. The van der Waals surface area contributed by atoms with Crippen LogP contribution in [-0.4, -0.2) is 26.2 Å². The molecule has 0 atom stereocenters. The Bertz CT molecular complexity index is 216. The Hall–Kier alpha value is -0.410. The Morgan fingerprint density at radius 3 is 2.25 bits per heavy atom. The maximum Gasteiger partial charge on any atom is 0.160 e. The van der Waals surface area contributed by atoms with Crippen LogP contribution in [0.1, 0.15) is 25.7 Å². The summed E-state index contributed by atoms with van der Waals surface area (Å²) in [5.74, 6) is 1.08. The van der Waals surface area contributed by atoms with Crippen LogP contribution in [0.3, 0.4) is 0 Å². The highest BCUT2D eigenvalue weighted by atomic mass is 19.1. The van der Waals surface area contributed by atoms with Gasteiger partial charge in [-0.3, -0.25) is 4.39 Å². The van der Waals surface area contributed by atoms with Gasteiger partial charge in [-0.1, -0.05) is 6.08 Å². The van der Waals surface area contributed by atoms with Gasteiger partial charge in [0.2, 0.25) is 0 Å². The van der Waals surface area contributed by atoms with Gasteiger partial charge in [0.1, 0.15) is 0 Å². The van der Waals surface area contributed by atoms with E-state index in [1.165, 1.54) is 0 Å². The minimum Gasteiger partial charge on any atom is -0.352 e. The molecule has 0 amide bonds. The summed E-state index contributed by atoms with van der Waals surface area (Å²) in [7, 11) is 0. The molecule has 92 valence electrons. The zero-order valence-electron chi connectivity index (χ0n) is 9.74. The summed E-state index contributed by atoms with van der Waals surface area (Å²) in [6, 6.07) is 0. The van der Waals surface area contributed by atoms with Crippen molar-refractivity contribution in [2.75, 3.05) is 19.9 Å². The normalized spacial score (nSPS) is 40.6. The standard InChI is InChI=1S/C13H21FO2/c1-2-10-8-15-13(16-9-10)12-5-3-11(7-14)4-6-12/h2,10-13H,1,3-9H2. The Morgan fingerprint density at radius 1 is 1.12 bits per heavy atom. The lowest BCUT2D eigenvalue weighted by molar-refractivity contribution is -0.223. The molecule has 2 rings (SSSR count). The molecule has 2 nitrogen and oxygen atoms in total. The Labute approximate surface area is 96.8 Å². The van der Waals surface area contributed by atoms with Crippen LogP contribution in [0.15, 0.2) is 12.7 Å². The summed E-state index contributed by atoms with van der Waals surface area (Å²) < 4.78 is 23.9. The fourth-order valence-corrected chi connectivity index (χ4v) is 2.56. The maximum atomic E-state index is 12.5. The van der Waals surface area contributed by atoms with Crippen molar-refractivity contribution in [1.29, 1.82) is 0 Å². The highest BCUT2D eigenvalue weighted by Crippen LogP contribution is 2.34. The molecule has 3 heteroatoms. The molecule has 1 heterocycles. The highest BCUT2D eigenvalue weighted by Gasteiger charge is 2.31. The quantitative estimate of drug-likeness (QED) is 0.691. The van der Waals surface area contributed by atoms with Crippen molar-refractivity contribution in [2.24, 2.45) is 17.8 Å². The van der Waals surface area contributed by atoms with Crippen molar-refractivity contribution in [3.8, 4) is 0 Å². The highest BCUT2D eigenvalue weighted by molar-refractivity contribution is 4.82. The van der Waals surface area contributed by atoms with Crippen molar-refractivity contribution in [2.45, 2.75) is 32.0 Å². The second-order valence-corrected chi connectivity index (χ2v) is 4.97. The van der Waals surface area contributed by atoms with Gasteiger partial charge >= 0.3 is 0 Å². The summed E-state index contributed by atoms with van der Waals surface area (Å²) in [6.45, 7) is 5.01. The van der Waals surface area contributed by atoms with E-state index < -0.39 is 0 Å². The third-order valence-corrected chi connectivity index (χ3v) is 3.78. The molecule has 2 aliphatic rings. The van der Waals surface area contributed by atoms with Gasteiger partial charge in [-0.05, 0) is 31.6 Å². The first-order valence-electron chi connectivity index (χ1n) is 6.25. The van der Waals surface area contributed by atoms with Gasteiger partial charge in [-0.2, -0.15) is 0 Å². The Kier molecular flexibility index (Phi) is 4.36. The van der Waals surface area contributed by atoms with Crippen LogP contribution < -0.4 is 0 Å². The van der Waals surface area contributed by atoms with Gasteiger partial charge < -0.3 is 9.47 Å². The van der Waals surface area contributed by atoms with E-state index in [-0.39, 0.29) is 18.9 Å². The molecule has 0 bridgehead atoms. The fraction of sp³-hybridized carbons (Fsp3) is 0.846. The molecule has 1 saturated heterocycles.